The van der Waals surface area contributed by atoms with E-state index < -0.39 is 21.5 Å². The number of benzene rings is 2. The zero-order valence-corrected chi connectivity index (χ0v) is 14.3. The maximum absolute atomic E-state index is 12.2. The molecule has 2 rings (SSSR count). The Morgan fingerprint density at radius 2 is 1.42 bits per heavy atom. The van der Waals surface area contributed by atoms with Crippen LogP contribution in [0, 0.1) is 0 Å². The molecule has 0 aromatic heterocycles. The Labute approximate surface area is 144 Å². The van der Waals surface area contributed by atoms with Crippen molar-refractivity contribution in [3.8, 4) is 0 Å². The Morgan fingerprint density at radius 1 is 0.917 bits per heavy atom. The Morgan fingerprint density at radius 3 is 1.92 bits per heavy atom. The lowest BCUT2D eigenvalue weighted by atomic mass is 10.3. The van der Waals surface area contributed by atoms with Gasteiger partial charge in [-0.05, 0) is 48.5 Å². The zero-order valence-electron chi connectivity index (χ0n) is 12.7. The highest BCUT2D eigenvalue weighted by Crippen LogP contribution is 2.17. The molecule has 0 unspecified atom stereocenters. The predicted octanol–water partition coefficient (Wildman–Crippen LogP) is 2.71. The van der Waals surface area contributed by atoms with E-state index in [0.717, 1.165) is 0 Å². The number of anilines is 2. The van der Waals surface area contributed by atoms with Gasteiger partial charge in [-0.1, -0.05) is 11.6 Å². The van der Waals surface area contributed by atoms with Crippen LogP contribution < -0.4 is 10.6 Å². The van der Waals surface area contributed by atoms with Gasteiger partial charge >= 0.3 is 0 Å². The fourth-order valence-electron chi connectivity index (χ4n) is 1.94. The van der Waals surface area contributed by atoms with Crippen molar-refractivity contribution in [1.29, 1.82) is 0 Å². The maximum atomic E-state index is 12.2. The van der Waals surface area contributed by atoms with E-state index in [0.29, 0.717) is 16.4 Å². The van der Waals surface area contributed by atoms with Crippen molar-refractivity contribution in [1.82, 2.24) is 0 Å². The van der Waals surface area contributed by atoms with Gasteiger partial charge in [0.15, 0.2) is 9.84 Å². The first kappa shape index (κ1) is 18.0. The second-order valence-corrected chi connectivity index (χ2v) is 7.45. The van der Waals surface area contributed by atoms with Crippen LogP contribution in [0.25, 0.3) is 0 Å². The molecular formula is C16H15ClN2O4S. The van der Waals surface area contributed by atoms with E-state index in [4.69, 9.17) is 11.6 Å². The van der Waals surface area contributed by atoms with Gasteiger partial charge in [-0.25, -0.2) is 8.42 Å². The molecule has 2 aromatic carbocycles. The molecule has 0 aliphatic rings. The average Bonchev–Trinajstić information content (AvgIpc) is 2.48. The van der Waals surface area contributed by atoms with Crippen LogP contribution in [-0.4, -0.2) is 26.0 Å². The van der Waals surface area contributed by atoms with Gasteiger partial charge in [-0.2, -0.15) is 0 Å². The molecule has 2 aromatic rings. The second kappa shape index (κ2) is 7.46. The van der Waals surface area contributed by atoms with Gasteiger partial charge in [-0.15, -0.1) is 0 Å². The molecule has 0 saturated carbocycles. The second-order valence-electron chi connectivity index (χ2n) is 5.02. The molecule has 0 atom stereocenters. The minimum atomic E-state index is -3.75. The Bertz CT molecular complexity index is 847. The molecule has 24 heavy (non-hydrogen) atoms. The highest BCUT2D eigenvalue weighted by molar-refractivity contribution is 7.92. The normalized spacial score (nSPS) is 10.9. The zero-order chi connectivity index (χ0) is 17.7. The van der Waals surface area contributed by atoms with Gasteiger partial charge < -0.3 is 10.6 Å². The molecule has 0 fully saturated rings. The van der Waals surface area contributed by atoms with Crippen molar-refractivity contribution in [2.75, 3.05) is 16.4 Å². The average molecular weight is 367 g/mol. The van der Waals surface area contributed by atoms with Crippen molar-refractivity contribution >= 4 is 44.6 Å². The summed E-state index contributed by atoms with van der Waals surface area (Å²) in [5.41, 5.74) is 1.01. The number of nitrogens with one attached hydrogen (secondary N) is 2. The van der Waals surface area contributed by atoms with Gasteiger partial charge in [0.25, 0.3) is 0 Å². The Hall–Kier alpha value is -2.38. The van der Waals surface area contributed by atoms with E-state index in [9.17, 15) is 18.0 Å². The molecule has 0 heterocycles. The van der Waals surface area contributed by atoms with E-state index in [1.165, 1.54) is 31.2 Å². The number of amides is 2. The van der Waals surface area contributed by atoms with Crippen LogP contribution in [0.15, 0.2) is 53.4 Å². The molecule has 6 nitrogen and oxygen atoms in total. The molecule has 2 amide bonds. The fourth-order valence-corrected chi connectivity index (χ4v) is 3.20. The van der Waals surface area contributed by atoms with Crippen molar-refractivity contribution in [2.45, 2.75) is 11.8 Å². The highest BCUT2D eigenvalue weighted by Gasteiger charge is 2.19. The lowest BCUT2D eigenvalue weighted by Gasteiger charge is -2.08. The summed E-state index contributed by atoms with van der Waals surface area (Å²) in [4.78, 5) is 22.9. The molecule has 0 aliphatic carbocycles. The van der Waals surface area contributed by atoms with Crippen LogP contribution in [0.3, 0.4) is 0 Å². The van der Waals surface area contributed by atoms with Gasteiger partial charge in [0.2, 0.25) is 11.8 Å². The van der Waals surface area contributed by atoms with Gasteiger partial charge in [0.1, 0.15) is 5.75 Å². The molecular weight excluding hydrogens is 352 g/mol. The summed E-state index contributed by atoms with van der Waals surface area (Å²) >= 11 is 5.72. The highest BCUT2D eigenvalue weighted by atomic mass is 35.5. The quantitative estimate of drug-likeness (QED) is 0.850. The SMILES string of the molecule is CC(=O)Nc1ccc(NC(=O)CS(=O)(=O)c2ccc(Cl)cc2)cc1. The van der Waals surface area contributed by atoms with E-state index in [-0.39, 0.29) is 10.8 Å². The fraction of sp³-hybridized carbons (Fsp3) is 0.125. The summed E-state index contributed by atoms with van der Waals surface area (Å²) in [5.74, 6) is -1.54. The van der Waals surface area contributed by atoms with Gasteiger partial charge in [0, 0.05) is 23.3 Å². The van der Waals surface area contributed by atoms with Crippen molar-refractivity contribution in [3.63, 3.8) is 0 Å². The summed E-state index contributed by atoms with van der Waals surface area (Å²) in [5, 5.41) is 5.51. The number of hydrogen-bond acceptors (Lipinski definition) is 4. The first-order chi connectivity index (χ1) is 11.3. The van der Waals surface area contributed by atoms with Crippen LogP contribution in [0.4, 0.5) is 11.4 Å². The van der Waals surface area contributed by atoms with Crippen LogP contribution in [0.5, 0.6) is 0 Å². The lowest BCUT2D eigenvalue weighted by Crippen LogP contribution is -2.23. The van der Waals surface area contributed by atoms with E-state index in [2.05, 4.69) is 10.6 Å². The van der Waals surface area contributed by atoms with Crippen molar-refractivity contribution < 1.29 is 18.0 Å². The number of carbonyl (C=O) groups excluding carboxylic acids is 2. The van der Waals surface area contributed by atoms with Crippen LogP contribution in [0.1, 0.15) is 6.92 Å². The third-order valence-electron chi connectivity index (χ3n) is 2.98. The van der Waals surface area contributed by atoms with Crippen LogP contribution in [-0.2, 0) is 19.4 Å². The third kappa shape index (κ3) is 5.07. The number of halogens is 1. The smallest absolute Gasteiger partial charge is 0.239 e. The van der Waals surface area contributed by atoms with E-state index in [1.807, 2.05) is 0 Å². The van der Waals surface area contributed by atoms with Gasteiger partial charge in [0.05, 0.1) is 4.90 Å². The monoisotopic (exact) mass is 366 g/mol. The summed E-state index contributed by atoms with van der Waals surface area (Å²) in [6, 6.07) is 12.0. The Balaban J connectivity index is 2.02. The van der Waals surface area contributed by atoms with Crippen molar-refractivity contribution in [2.24, 2.45) is 0 Å². The van der Waals surface area contributed by atoms with Crippen LogP contribution >= 0.6 is 11.6 Å². The molecule has 0 radical (unpaired) electrons. The van der Waals surface area contributed by atoms with Crippen molar-refractivity contribution in [3.05, 3.63) is 53.6 Å². The first-order valence-corrected chi connectivity index (χ1v) is 8.95. The lowest BCUT2D eigenvalue weighted by molar-refractivity contribution is -0.114. The largest absolute Gasteiger partial charge is 0.326 e. The molecule has 8 heteroatoms. The van der Waals surface area contributed by atoms with E-state index in [1.54, 1.807) is 24.3 Å². The summed E-state index contributed by atoms with van der Waals surface area (Å²) in [6.45, 7) is 1.39. The number of rotatable bonds is 5. The summed E-state index contributed by atoms with van der Waals surface area (Å²) in [6.07, 6.45) is 0. The third-order valence-corrected chi connectivity index (χ3v) is 4.87. The van der Waals surface area contributed by atoms with Crippen LogP contribution in [0.2, 0.25) is 5.02 Å². The molecule has 2 N–H and O–H groups in total. The number of sulfone groups is 1. The summed E-state index contributed by atoms with van der Waals surface area (Å²) < 4.78 is 24.3. The minimum absolute atomic E-state index is 0.0306. The summed E-state index contributed by atoms with van der Waals surface area (Å²) in [7, 11) is -3.75. The standard InChI is InChI=1S/C16H15ClN2O4S/c1-11(20)18-13-4-6-14(7-5-13)19-16(21)10-24(22,23)15-8-2-12(17)3-9-15/h2-9H,10H2,1H3,(H,18,20)(H,19,21). The Kier molecular flexibility index (Phi) is 5.58. The molecule has 0 saturated heterocycles. The van der Waals surface area contributed by atoms with Gasteiger partial charge in [-0.3, -0.25) is 9.59 Å². The first-order valence-electron chi connectivity index (χ1n) is 6.92. The molecule has 126 valence electrons. The topological polar surface area (TPSA) is 92.3 Å². The molecule has 0 aliphatic heterocycles. The molecule has 0 spiro atoms. The van der Waals surface area contributed by atoms with E-state index >= 15 is 0 Å². The predicted molar refractivity (Wildman–Crippen MR) is 92.9 cm³/mol. The number of hydrogen-bond donors (Lipinski definition) is 2. The number of carbonyl (C=O) groups is 2. The minimum Gasteiger partial charge on any atom is -0.326 e. The molecule has 0 bridgehead atoms. The maximum Gasteiger partial charge on any atom is 0.239 e.